The van der Waals surface area contributed by atoms with Crippen LogP contribution >= 0.6 is 0 Å². The summed E-state index contributed by atoms with van der Waals surface area (Å²) in [5, 5.41) is 6.00. The van der Waals surface area contributed by atoms with Crippen molar-refractivity contribution in [3.63, 3.8) is 0 Å². The molecule has 3 aromatic carbocycles. The molecule has 3 heterocycles. The quantitative estimate of drug-likeness (QED) is 0.362. The Kier molecular flexibility index (Phi) is 7.06. The number of hydrogen-bond acceptors (Lipinski definition) is 7. The maximum atomic E-state index is 14.5. The summed E-state index contributed by atoms with van der Waals surface area (Å²) in [4.78, 5) is 30.9. The van der Waals surface area contributed by atoms with Crippen molar-refractivity contribution in [3.8, 4) is 5.75 Å². The van der Waals surface area contributed by atoms with Crippen LogP contribution in [0.3, 0.4) is 0 Å². The number of anilines is 3. The third kappa shape index (κ3) is 4.76. The summed E-state index contributed by atoms with van der Waals surface area (Å²) in [5.74, 6) is -0.0632. The molecule has 3 aliphatic heterocycles. The third-order valence-electron chi connectivity index (χ3n) is 8.66. The molecule has 3 aromatic rings. The predicted molar refractivity (Wildman–Crippen MR) is 157 cm³/mol. The second-order valence-electron chi connectivity index (χ2n) is 10.9. The van der Waals surface area contributed by atoms with Crippen molar-refractivity contribution < 1.29 is 32.2 Å². The highest BCUT2D eigenvalue weighted by Crippen LogP contribution is 2.49. The summed E-state index contributed by atoms with van der Waals surface area (Å²) < 4.78 is 51.7. The molecule has 1 amide bonds. The van der Waals surface area contributed by atoms with Gasteiger partial charge in [-0.1, -0.05) is 0 Å². The molecule has 0 unspecified atom stereocenters. The molecule has 1 fully saturated rings. The van der Waals surface area contributed by atoms with Gasteiger partial charge in [-0.05, 0) is 92.6 Å². The molecule has 224 valence electrons. The van der Waals surface area contributed by atoms with Crippen LogP contribution in [0.15, 0.2) is 71.8 Å². The molecule has 1 saturated heterocycles. The Morgan fingerprint density at radius 3 is 2.37 bits per heavy atom. The second-order valence-corrected chi connectivity index (χ2v) is 10.9. The van der Waals surface area contributed by atoms with Gasteiger partial charge >= 0.3 is 12.1 Å². The van der Waals surface area contributed by atoms with Crippen molar-refractivity contribution >= 4 is 34.7 Å². The number of amides is 1. The van der Waals surface area contributed by atoms with Crippen LogP contribution in [-0.4, -0.2) is 57.0 Å². The van der Waals surface area contributed by atoms with Gasteiger partial charge < -0.3 is 19.3 Å². The van der Waals surface area contributed by atoms with E-state index in [1.54, 1.807) is 45.2 Å². The minimum atomic E-state index is -4.51. The first-order chi connectivity index (χ1) is 20.6. The normalized spacial score (nSPS) is 21.4. The fraction of sp³-hybridized carbons (Fsp3) is 0.344. The molecule has 11 heteroatoms. The summed E-state index contributed by atoms with van der Waals surface area (Å²) in [5.41, 5.74) is 1.50. The number of methoxy groups -OCH3 is 1. The van der Waals surface area contributed by atoms with E-state index in [0.29, 0.717) is 47.8 Å². The zero-order valence-corrected chi connectivity index (χ0v) is 24.0. The maximum Gasteiger partial charge on any atom is 0.416 e. The number of nitrogens with zero attached hydrogens (tertiary/aromatic N) is 4. The Bertz CT molecular complexity index is 1590. The fourth-order valence-electron chi connectivity index (χ4n) is 6.47. The minimum Gasteiger partial charge on any atom is -0.497 e. The number of benzene rings is 3. The van der Waals surface area contributed by atoms with Gasteiger partial charge in [-0.15, -0.1) is 0 Å². The Labute approximate surface area is 247 Å². The van der Waals surface area contributed by atoms with Crippen LogP contribution in [0.25, 0.3) is 0 Å². The lowest BCUT2D eigenvalue weighted by Gasteiger charge is -2.53. The van der Waals surface area contributed by atoms with Crippen molar-refractivity contribution in [2.24, 2.45) is 10.5 Å². The molecule has 2 atom stereocenters. The number of carbonyl (C=O) groups is 2. The van der Waals surface area contributed by atoms with Gasteiger partial charge in [0.25, 0.3) is 5.91 Å². The third-order valence-corrected chi connectivity index (χ3v) is 8.66. The van der Waals surface area contributed by atoms with Gasteiger partial charge in [-0.3, -0.25) is 4.79 Å². The Morgan fingerprint density at radius 2 is 1.72 bits per heavy atom. The molecule has 0 saturated carbocycles. The molecule has 8 nitrogen and oxygen atoms in total. The number of halogens is 3. The summed E-state index contributed by atoms with van der Waals surface area (Å²) in [6.07, 6.45) is -4.43. The van der Waals surface area contributed by atoms with E-state index in [9.17, 15) is 22.8 Å². The van der Waals surface area contributed by atoms with Gasteiger partial charge in [0, 0.05) is 31.0 Å². The fourth-order valence-corrected chi connectivity index (χ4v) is 6.47. The predicted octanol–water partition coefficient (Wildman–Crippen LogP) is 5.55. The monoisotopic (exact) mass is 592 g/mol. The van der Waals surface area contributed by atoms with Gasteiger partial charge in [0.15, 0.2) is 0 Å². The molecule has 0 bridgehead atoms. The highest BCUT2D eigenvalue weighted by molar-refractivity contribution is 6.20. The lowest BCUT2D eigenvalue weighted by atomic mass is 9.67. The van der Waals surface area contributed by atoms with E-state index in [0.717, 1.165) is 17.5 Å². The number of carbonyl (C=O) groups excluding carboxylic acids is 2. The molecule has 1 spiro atoms. The number of rotatable bonds is 5. The van der Waals surface area contributed by atoms with Crippen molar-refractivity contribution in [3.05, 3.63) is 83.4 Å². The van der Waals surface area contributed by atoms with E-state index in [2.05, 4.69) is 14.9 Å². The van der Waals surface area contributed by atoms with Crippen LogP contribution in [0, 0.1) is 5.41 Å². The van der Waals surface area contributed by atoms with Crippen LogP contribution in [-0.2, 0) is 22.1 Å². The molecular formula is C32H31F3N4O4. The van der Waals surface area contributed by atoms with Crippen LogP contribution in [0.5, 0.6) is 5.75 Å². The second kappa shape index (κ2) is 10.6. The van der Waals surface area contributed by atoms with Crippen molar-refractivity contribution in [1.82, 2.24) is 0 Å². The Balaban J connectivity index is 1.40. The molecule has 0 radical (unpaired) electrons. The number of hydrogen-bond donors (Lipinski definition) is 0. The summed E-state index contributed by atoms with van der Waals surface area (Å²) >= 11 is 0. The van der Waals surface area contributed by atoms with Gasteiger partial charge in [0.1, 0.15) is 11.2 Å². The van der Waals surface area contributed by atoms with Gasteiger partial charge in [-0.25, -0.2) is 4.79 Å². The average molecular weight is 593 g/mol. The van der Waals surface area contributed by atoms with Gasteiger partial charge in [0.05, 0.1) is 42.3 Å². The average Bonchev–Trinajstić information content (AvgIpc) is 3.26. The van der Waals surface area contributed by atoms with E-state index >= 15 is 0 Å². The Morgan fingerprint density at radius 1 is 1.02 bits per heavy atom. The maximum absolute atomic E-state index is 14.5. The van der Waals surface area contributed by atoms with Gasteiger partial charge in [0.2, 0.25) is 0 Å². The summed E-state index contributed by atoms with van der Waals surface area (Å²) in [7, 11) is 1.60. The van der Waals surface area contributed by atoms with E-state index in [4.69, 9.17) is 9.47 Å². The first kappa shape index (κ1) is 28.6. The molecule has 0 aliphatic carbocycles. The van der Waals surface area contributed by atoms with E-state index < -0.39 is 29.2 Å². The first-order valence-electron chi connectivity index (χ1n) is 14.1. The lowest BCUT2D eigenvalue weighted by Crippen LogP contribution is -2.67. The van der Waals surface area contributed by atoms with Crippen LogP contribution in [0.1, 0.15) is 35.3 Å². The molecule has 0 N–H and O–H groups in total. The highest BCUT2D eigenvalue weighted by Gasteiger charge is 2.60. The zero-order chi connectivity index (χ0) is 30.5. The smallest absolute Gasteiger partial charge is 0.416 e. The highest BCUT2D eigenvalue weighted by atomic mass is 19.4. The van der Waals surface area contributed by atoms with Gasteiger partial charge in [-0.2, -0.15) is 23.3 Å². The minimum absolute atomic E-state index is 0.0788. The SMILES string of the molecule is CCOC(=O)c1ccc(N2N=C(C)[C@]3(Cc4cc(C(F)(F)F)ccc4N4CCN(c5ccc(OC)cc5)C[C@H]43)C2=O)cc1. The topological polar surface area (TPSA) is 74.7 Å². The summed E-state index contributed by atoms with van der Waals surface area (Å²) in [6.45, 7) is 5.31. The van der Waals surface area contributed by atoms with Crippen LogP contribution in [0.2, 0.25) is 0 Å². The van der Waals surface area contributed by atoms with Crippen molar-refractivity contribution in [2.45, 2.75) is 32.5 Å². The number of esters is 1. The molecule has 3 aliphatic rings. The standard InChI is InChI=1S/C32H31F3N4O4/c1-4-43-29(40)21-5-8-25(9-6-21)39-30(41)31(20(2)36-39)18-22-17-23(32(33,34)35)7-14-27(22)38-16-15-37(19-28(31)38)24-10-12-26(42-3)13-11-24/h5-14,17,28H,4,15-16,18-19H2,1-3H3/t28-,31-/m0/s1. The number of fused-ring (bicyclic) bond motifs is 4. The lowest BCUT2D eigenvalue weighted by molar-refractivity contribution is -0.137. The van der Waals surface area contributed by atoms with Crippen molar-refractivity contribution in [2.75, 3.05) is 48.2 Å². The number of ether oxygens (including phenoxy) is 2. The van der Waals surface area contributed by atoms with Crippen LogP contribution in [0.4, 0.5) is 30.2 Å². The molecule has 6 rings (SSSR count). The zero-order valence-electron chi connectivity index (χ0n) is 24.0. The summed E-state index contributed by atoms with van der Waals surface area (Å²) in [6, 6.07) is 17.5. The van der Waals surface area contributed by atoms with E-state index in [-0.39, 0.29) is 18.9 Å². The number of piperazine rings is 1. The molecular weight excluding hydrogens is 561 g/mol. The number of hydrazone groups is 1. The largest absolute Gasteiger partial charge is 0.497 e. The van der Waals surface area contributed by atoms with Crippen molar-refractivity contribution in [1.29, 1.82) is 0 Å². The number of alkyl halides is 3. The molecule has 43 heavy (non-hydrogen) atoms. The van der Waals surface area contributed by atoms with Crippen LogP contribution < -0.4 is 19.5 Å². The molecule has 0 aromatic heterocycles. The van der Waals surface area contributed by atoms with E-state index in [1.807, 2.05) is 24.3 Å². The Hall–Kier alpha value is -4.54. The first-order valence-corrected chi connectivity index (χ1v) is 14.1. The van der Waals surface area contributed by atoms with E-state index in [1.165, 1.54) is 17.1 Å².